The van der Waals surface area contributed by atoms with Gasteiger partial charge in [-0.05, 0) is 37.2 Å². The number of hydrogen-bond donors (Lipinski definition) is 1. The van der Waals surface area contributed by atoms with Crippen molar-refractivity contribution in [1.29, 1.82) is 0 Å². The zero-order chi connectivity index (χ0) is 12.0. The van der Waals surface area contributed by atoms with Crippen molar-refractivity contribution in [3.8, 4) is 0 Å². The van der Waals surface area contributed by atoms with Crippen molar-refractivity contribution in [2.75, 3.05) is 0 Å². The first kappa shape index (κ1) is 11.6. The van der Waals surface area contributed by atoms with E-state index < -0.39 is 5.60 Å². The van der Waals surface area contributed by atoms with E-state index in [1.165, 1.54) is 0 Å². The smallest absolute Gasteiger partial charge is 0.0942 e. The van der Waals surface area contributed by atoms with Crippen LogP contribution >= 0.6 is 0 Å². The van der Waals surface area contributed by atoms with E-state index in [0.29, 0.717) is 5.92 Å². The highest BCUT2D eigenvalue weighted by molar-refractivity contribution is 5.24. The minimum Gasteiger partial charge on any atom is -0.385 e. The molecule has 1 saturated carbocycles. The highest BCUT2D eigenvalue weighted by Gasteiger charge is 2.48. The van der Waals surface area contributed by atoms with Gasteiger partial charge in [0.15, 0.2) is 0 Å². The number of aryl methyl sites for hydroxylation is 1. The van der Waals surface area contributed by atoms with E-state index in [1.807, 2.05) is 25.3 Å². The largest absolute Gasteiger partial charge is 0.385 e. The van der Waals surface area contributed by atoms with Gasteiger partial charge in [-0.25, -0.2) is 0 Å². The van der Waals surface area contributed by atoms with Crippen molar-refractivity contribution in [2.24, 2.45) is 11.3 Å². The third-order valence-corrected chi connectivity index (χ3v) is 3.83. The Morgan fingerprint density at radius 2 is 2.06 bits per heavy atom. The average Bonchev–Trinajstić information content (AvgIpc) is 2.37. The fraction of sp³-hybridized carbons (Fsp3) is 0.643. The Balaban J connectivity index is 2.36. The lowest BCUT2D eigenvalue weighted by atomic mass is 9.84. The molecule has 2 nitrogen and oxygen atoms in total. The Hall–Kier alpha value is -0.890. The minimum atomic E-state index is -0.690. The van der Waals surface area contributed by atoms with Gasteiger partial charge >= 0.3 is 0 Å². The number of nitrogens with zero attached hydrogens (tertiary/aromatic N) is 1. The van der Waals surface area contributed by atoms with Crippen LogP contribution in [0.15, 0.2) is 18.3 Å². The van der Waals surface area contributed by atoms with Crippen LogP contribution in [0.4, 0.5) is 0 Å². The van der Waals surface area contributed by atoms with Gasteiger partial charge in [0.1, 0.15) is 0 Å². The number of rotatable bonds is 1. The number of aliphatic hydroxyl groups is 1. The third kappa shape index (κ3) is 1.86. The molecule has 1 aliphatic carbocycles. The van der Waals surface area contributed by atoms with E-state index in [9.17, 15) is 5.11 Å². The fourth-order valence-electron chi connectivity index (χ4n) is 3.08. The molecule has 16 heavy (non-hydrogen) atoms. The molecule has 0 amide bonds. The van der Waals surface area contributed by atoms with E-state index in [1.54, 1.807) is 0 Å². The molecule has 2 heteroatoms. The van der Waals surface area contributed by atoms with Crippen LogP contribution in [-0.4, -0.2) is 10.1 Å². The molecule has 1 aromatic heterocycles. The fourth-order valence-corrected chi connectivity index (χ4v) is 3.08. The Morgan fingerprint density at radius 1 is 1.38 bits per heavy atom. The summed E-state index contributed by atoms with van der Waals surface area (Å²) in [5.74, 6) is 0.298. The van der Waals surface area contributed by atoms with E-state index in [-0.39, 0.29) is 5.41 Å². The molecule has 0 aliphatic heterocycles. The zero-order valence-electron chi connectivity index (χ0n) is 10.6. The van der Waals surface area contributed by atoms with Crippen molar-refractivity contribution in [2.45, 2.75) is 46.1 Å². The van der Waals surface area contributed by atoms with Gasteiger partial charge in [-0.15, -0.1) is 0 Å². The SMILES string of the molecule is Cc1ccc(C2(O)CC(C)(C)CC2C)cn1. The Labute approximate surface area is 97.7 Å². The zero-order valence-corrected chi connectivity index (χ0v) is 10.6. The second kappa shape index (κ2) is 3.56. The molecule has 0 saturated heterocycles. The maximum absolute atomic E-state index is 10.8. The molecule has 2 atom stereocenters. The Kier molecular flexibility index (Phi) is 2.58. The summed E-state index contributed by atoms with van der Waals surface area (Å²) in [6.45, 7) is 8.55. The van der Waals surface area contributed by atoms with Gasteiger partial charge in [-0.2, -0.15) is 0 Å². The maximum atomic E-state index is 10.8. The molecule has 1 N–H and O–H groups in total. The van der Waals surface area contributed by atoms with Crippen molar-refractivity contribution in [3.63, 3.8) is 0 Å². The van der Waals surface area contributed by atoms with Crippen LogP contribution < -0.4 is 0 Å². The van der Waals surface area contributed by atoms with E-state index in [2.05, 4.69) is 25.8 Å². The van der Waals surface area contributed by atoms with Crippen LogP contribution in [0.1, 0.15) is 44.9 Å². The summed E-state index contributed by atoms with van der Waals surface area (Å²) in [5.41, 5.74) is 1.50. The second-order valence-electron chi connectivity index (χ2n) is 6.06. The maximum Gasteiger partial charge on any atom is 0.0942 e. The Bertz CT molecular complexity index is 382. The van der Waals surface area contributed by atoms with Crippen LogP contribution in [0, 0.1) is 18.3 Å². The van der Waals surface area contributed by atoms with Crippen LogP contribution in [0.5, 0.6) is 0 Å². The summed E-state index contributed by atoms with van der Waals surface area (Å²) in [5, 5.41) is 10.8. The molecule has 2 rings (SSSR count). The summed E-state index contributed by atoms with van der Waals surface area (Å²) in [6.07, 6.45) is 3.72. The normalized spacial score (nSPS) is 32.9. The van der Waals surface area contributed by atoms with Crippen molar-refractivity contribution < 1.29 is 5.11 Å². The van der Waals surface area contributed by atoms with Gasteiger partial charge < -0.3 is 5.11 Å². The lowest BCUT2D eigenvalue weighted by Gasteiger charge is -2.28. The first-order chi connectivity index (χ1) is 7.33. The van der Waals surface area contributed by atoms with Crippen molar-refractivity contribution in [1.82, 2.24) is 4.98 Å². The first-order valence-electron chi connectivity index (χ1n) is 5.99. The standard InChI is InChI=1S/C14H21NO/c1-10-7-13(3,4)9-14(10,16)12-6-5-11(2)15-8-12/h5-6,8,10,16H,7,9H2,1-4H3. The van der Waals surface area contributed by atoms with Crippen LogP contribution in [0.3, 0.4) is 0 Å². The van der Waals surface area contributed by atoms with Gasteiger partial charge in [0.2, 0.25) is 0 Å². The average molecular weight is 219 g/mol. The predicted molar refractivity (Wildman–Crippen MR) is 65.0 cm³/mol. The summed E-state index contributed by atoms with van der Waals surface area (Å²) < 4.78 is 0. The summed E-state index contributed by atoms with van der Waals surface area (Å²) in [6, 6.07) is 3.99. The van der Waals surface area contributed by atoms with Crippen molar-refractivity contribution >= 4 is 0 Å². The van der Waals surface area contributed by atoms with E-state index >= 15 is 0 Å². The third-order valence-electron chi connectivity index (χ3n) is 3.83. The van der Waals surface area contributed by atoms with Gasteiger partial charge in [0.25, 0.3) is 0 Å². The number of hydrogen-bond acceptors (Lipinski definition) is 2. The van der Waals surface area contributed by atoms with E-state index in [4.69, 9.17) is 0 Å². The molecule has 2 unspecified atom stereocenters. The Morgan fingerprint density at radius 3 is 2.50 bits per heavy atom. The highest BCUT2D eigenvalue weighted by atomic mass is 16.3. The summed E-state index contributed by atoms with van der Waals surface area (Å²) in [7, 11) is 0. The van der Waals surface area contributed by atoms with Gasteiger partial charge in [-0.3, -0.25) is 4.98 Å². The molecule has 0 aromatic carbocycles. The second-order valence-corrected chi connectivity index (χ2v) is 6.06. The molecule has 0 bridgehead atoms. The molecular formula is C14H21NO. The summed E-state index contributed by atoms with van der Waals surface area (Å²) in [4.78, 5) is 4.29. The van der Waals surface area contributed by atoms with Crippen LogP contribution in [0.2, 0.25) is 0 Å². The minimum absolute atomic E-state index is 0.221. The first-order valence-corrected chi connectivity index (χ1v) is 5.99. The molecular weight excluding hydrogens is 198 g/mol. The molecule has 1 aliphatic rings. The molecule has 1 heterocycles. The topological polar surface area (TPSA) is 33.1 Å². The predicted octanol–water partition coefficient (Wildman–Crippen LogP) is 3.03. The van der Waals surface area contributed by atoms with Crippen LogP contribution in [-0.2, 0) is 5.60 Å². The molecule has 1 aromatic rings. The lowest BCUT2D eigenvalue weighted by molar-refractivity contribution is -0.00116. The van der Waals surface area contributed by atoms with Crippen LogP contribution in [0.25, 0.3) is 0 Å². The molecule has 88 valence electrons. The van der Waals surface area contributed by atoms with E-state index in [0.717, 1.165) is 24.1 Å². The lowest BCUT2D eigenvalue weighted by Crippen LogP contribution is -2.29. The molecule has 0 radical (unpaired) electrons. The van der Waals surface area contributed by atoms with Gasteiger partial charge in [-0.1, -0.05) is 26.8 Å². The monoisotopic (exact) mass is 219 g/mol. The molecule has 1 fully saturated rings. The summed E-state index contributed by atoms with van der Waals surface area (Å²) >= 11 is 0. The van der Waals surface area contributed by atoms with Crippen molar-refractivity contribution in [3.05, 3.63) is 29.6 Å². The van der Waals surface area contributed by atoms with Gasteiger partial charge in [0, 0.05) is 17.5 Å². The molecule has 0 spiro atoms. The number of pyridine rings is 1. The quantitative estimate of drug-likeness (QED) is 0.787. The number of aromatic nitrogens is 1. The highest BCUT2D eigenvalue weighted by Crippen LogP contribution is 2.52. The van der Waals surface area contributed by atoms with Gasteiger partial charge in [0.05, 0.1) is 5.60 Å².